The van der Waals surface area contributed by atoms with Gasteiger partial charge in [0.05, 0.1) is 26.7 Å². The van der Waals surface area contributed by atoms with Crippen molar-refractivity contribution >= 4 is 5.97 Å². The molecule has 1 saturated heterocycles. The number of ether oxygens (including phenoxy) is 1. The average Bonchev–Trinajstić information content (AvgIpc) is 2.13. The molecule has 4 atom stereocenters. The average molecular weight is 202 g/mol. The standard InChI is InChI=1S/C10H19NO3/c1-7-6-11(3)8(2)5-10(7,13)9(12)14-4/h7-8,13H,5-6H2,1-4H3/p+1/t7-,8+,10-/m1/s1. The Morgan fingerprint density at radius 1 is 1.57 bits per heavy atom. The summed E-state index contributed by atoms with van der Waals surface area (Å²) in [5.41, 5.74) is -1.28. The fraction of sp³-hybridized carbons (Fsp3) is 0.900. The number of piperidine rings is 1. The van der Waals surface area contributed by atoms with Gasteiger partial charge in [-0.1, -0.05) is 6.92 Å². The molecular weight excluding hydrogens is 182 g/mol. The summed E-state index contributed by atoms with van der Waals surface area (Å²) >= 11 is 0. The van der Waals surface area contributed by atoms with Crippen LogP contribution in [0.1, 0.15) is 20.3 Å². The van der Waals surface area contributed by atoms with Crippen molar-refractivity contribution in [1.82, 2.24) is 0 Å². The highest BCUT2D eigenvalue weighted by Crippen LogP contribution is 2.26. The van der Waals surface area contributed by atoms with Gasteiger partial charge in [0.25, 0.3) is 0 Å². The Labute approximate surface area is 84.8 Å². The van der Waals surface area contributed by atoms with Crippen LogP contribution in [-0.4, -0.2) is 43.4 Å². The van der Waals surface area contributed by atoms with E-state index in [1.54, 1.807) is 0 Å². The Bertz CT molecular complexity index is 231. The molecule has 1 unspecified atom stereocenters. The van der Waals surface area contributed by atoms with Gasteiger partial charge in [0.1, 0.15) is 0 Å². The molecule has 14 heavy (non-hydrogen) atoms. The van der Waals surface area contributed by atoms with E-state index in [1.807, 2.05) is 13.8 Å². The monoisotopic (exact) mass is 202 g/mol. The molecule has 0 aromatic rings. The van der Waals surface area contributed by atoms with Crippen LogP contribution in [0.3, 0.4) is 0 Å². The molecule has 1 heterocycles. The molecule has 0 aromatic carbocycles. The second-order valence-corrected chi connectivity index (χ2v) is 4.47. The Morgan fingerprint density at radius 3 is 2.64 bits per heavy atom. The van der Waals surface area contributed by atoms with Crippen LogP contribution in [0.5, 0.6) is 0 Å². The van der Waals surface area contributed by atoms with Gasteiger partial charge in [0.15, 0.2) is 5.60 Å². The highest BCUT2D eigenvalue weighted by atomic mass is 16.5. The lowest BCUT2D eigenvalue weighted by Crippen LogP contribution is -3.15. The van der Waals surface area contributed by atoms with Gasteiger partial charge in [0, 0.05) is 12.3 Å². The van der Waals surface area contributed by atoms with Gasteiger partial charge < -0.3 is 14.7 Å². The predicted octanol–water partition coefficient (Wildman–Crippen LogP) is -1.17. The van der Waals surface area contributed by atoms with Crippen LogP contribution in [0, 0.1) is 5.92 Å². The molecule has 1 aliphatic rings. The van der Waals surface area contributed by atoms with Crippen LogP contribution in [0.2, 0.25) is 0 Å². The maximum atomic E-state index is 11.5. The van der Waals surface area contributed by atoms with Crippen molar-refractivity contribution in [3.05, 3.63) is 0 Å². The lowest BCUT2D eigenvalue weighted by molar-refractivity contribution is -0.915. The molecule has 0 spiro atoms. The zero-order valence-corrected chi connectivity index (χ0v) is 9.33. The molecule has 0 bridgehead atoms. The lowest BCUT2D eigenvalue weighted by atomic mass is 9.79. The summed E-state index contributed by atoms with van der Waals surface area (Å²) in [6, 6.07) is 0.287. The minimum Gasteiger partial charge on any atom is -0.467 e. The van der Waals surface area contributed by atoms with E-state index in [0.717, 1.165) is 6.54 Å². The maximum Gasteiger partial charge on any atom is 0.338 e. The van der Waals surface area contributed by atoms with Crippen molar-refractivity contribution in [3.8, 4) is 0 Å². The van der Waals surface area contributed by atoms with Crippen LogP contribution in [0.25, 0.3) is 0 Å². The Balaban J connectivity index is 2.83. The number of rotatable bonds is 1. The fourth-order valence-corrected chi connectivity index (χ4v) is 2.16. The smallest absolute Gasteiger partial charge is 0.338 e. The summed E-state index contributed by atoms with van der Waals surface area (Å²) < 4.78 is 4.65. The molecule has 2 N–H and O–H groups in total. The minimum atomic E-state index is -1.28. The molecule has 0 radical (unpaired) electrons. The molecule has 82 valence electrons. The van der Waals surface area contributed by atoms with Gasteiger partial charge >= 0.3 is 5.97 Å². The maximum absolute atomic E-state index is 11.5. The van der Waals surface area contributed by atoms with E-state index in [-0.39, 0.29) is 12.0 Å². The number of aliphatic hydroxyl groups is 1. The first-order chi connectivity index (χ1) is 6.41. The van der Waals surface area contributed by atoms with Crippen molar-refractivity contribution < 1.29 is 19.5 Å². The largest absolute Gasteiger partial charge is 0.467 e. The first-order valence-electron chi connectivity index (χ1n) is 5.05. The highest BCUT2D eigenvalue weighted by Gasteiger charge is 2.50. The first-order valence-corrected chi connectivity index (χ1v) is 5.05. The van der Waals surface area contributed by atoms with E-state index in [0.29, 0.717) is 6.42 Å². The van der Waals surface area contributed by atoms with Gasteiger partial charge in [0.2, 0.25) is 0 Å². The summed E-state index contributed by atoms with van der Waals surface area (Å²) in [5, 5.41) is 10.2. The topological polar surface area (TPSA) is 51.0 Å². The van der Waals surface area contributed by atoms with E-state index in [4.69, 9.17) is 0 Å². The number of carbonyl (C=O) groups excluding carboxylic acids is 1. The quantitative estimate of drug-likeness (QED) is 0.527. The summed E-state index contributed by atoms with van der Waals surface area (Å²) in [5.74, 6) is -0.546. The Kier molecular flexibility index (Phi) is 3.17. The van der Waals surface area contributed by atoms with Crippen LogP contribution < -0.4 is 4.90 Å². The number of quaternary nitrogens is 1. The summed E-state index contributed by atoms with van der Waals surface area (Å²) in [6.45, 7) is 4.73. The molecule has 1 fully saturated rings. The van der Waals surface area contributed by atoms with E-state index >= 15 is 0 Å². The summed E-state index contributed by atoms with van der Waals surface area (Å²) in [6.07, 6.45) is 0.479. The highest BCUT2D eigenvalue weighted by molar-refractivity contribution is 5.79. The molecule has 0 amide bonds. The zero-order chi connectivity index (χ0) is 10.9. The zero-order valence-electron chi connectivity index (χ0n) is 9.33. The fourth-order valence-electron chi connectivity index (χ4n) is 2.16. The molecule has 4 nitrogen and oxygen atoms in total. The Morgan fingerprint density at radius 2 is 2.14 bits per heavy atom. The number of carbonyl (C=O) groups is 1. The van der Waals surface area contributed by atoms with Gasteiger partial charge in [-0.05, 0) is 6.92 Å². The molecular formula is C10H20NO3+. The van der Waals surface area contributed by atoms with Crippen molar-refractivity contribution in [3.63, 3.8) is 0 Å². The van der Waals surface area contributed by atoms with E-state index in [2.05, 4.69) is 11.8 Å². The van der Waals surface area contributed by atoms with Crippen LogP contribution in [0.4, 0.5) is 0 Å². The molecule has 1 rings (SSSR count). The van der Waals surface area contributed by atoms with Gasteiger partial charge in [-0.25, -0.2) is 4.79 Å². The van der Waals surface area contributed by atoms with Crippen molar-refractivity contribution in [1.29, 1.82) is 0 Å². The number of likely N-dealkylation sites (tertiary alicyclic amines) is 1. The lowest BCUT2D eigenvalue weighted by Gasteiger charge is -2.41. The molecule has 4 heteroatoms. The third-order valence-electron chi connectivity index (χ3n) is 3.44. The summed E-state index contributed by atoms with van der Waals surface area (Å²) in [7, 11) is 3.40. The van der Waals surface area contributed by atoms with Gasteiger partial charge in [-0.15, -0.1) is 0 Å². The van der Waals surface area contributed by atoms with Crippen molar-refractivity contribution in [2.45, 2.75) is 31.9 Å². The van der Waals surface area contributed by atoms with Gasteiger partial charge in [-0.3, -0.25) is 0 Å². The second-order valence-electron chi connectivity index (χ2n) is 4.47. The Hall–Kier alpha value is -0.610. The van der Waals surface area contributed by atoms with E-state index in [9.17, 15) is 9.90 Å². The van der Waals surface area contributed by atoms with Crippen molar-refractivity contribution in [2.24, 2.45) is 5.92 Å². The number of esters is 1. The number of hydrogen-bond acceptors (Lipinski definition) is 3. The number of nitrogens with one attached hydrogen (secondary N) is 1. The third kappa shape index (κ3) is 1.77. The van der Waals surface area contributed by atoms with Crippen LogP contribution in [-0.2, 0) is 9.53 Å². The van der Waals surface area contributed by atoms with Crippen LogP contribution >= 0.6 is 0 Å². The minimum absolute atomic E-state index is 0.0499. The van der Waals surface area contributed by atoms with Crippen molar-refractivity contribution in [2.75, 3.05) is 20.7 Å². The molecule has 1 aliphatic heterocycles. The van der Waals surface area contributed by atoms with E-state index in [1.165, 1.54) is 12.0 Å². The molecule has 0 saturated carbocycles. The first kappa shape index (κ1) is 11.5. The van der Waals surface area contributed by atoms with E-state index < -0.39 is 11.6 Å². The SMILES string of the molecule is COC(=O)[C@@]1(O)C[C@H](C)[NH+](C)C[C@H]1C. The molecule has 0 aromatic heterocycles. The third-order valence-corrected chi connectivity index (χ3v) is 3.44. The summed E-state index contributed by atoms with van der Waals surface area (Å²) in [4.78, 5) is 12.8. The second kappa shape index (κ2) is 3.87. The molecule has 0 aliphatic carbocycles. The van der Waals surface area contributed by atoms with Gasteiger partial charge in [-0.2, -0.15) is 0 Å². The van der Waals surface area contributed by atoms with Crippen LogP contribution in [0.15, 0.2) is 0 Å². The predicted molar refractivity (Wildman–Crippen MR) is 52.0 cm³/mol. The number of hydrogen-bond donors (Lipinski definition) is 2. The normalized spacial score (nSPS) is 43.4. The number of methoxy groups -OCH3 is 1.